The number of aliphatic hydroxyl groups is 1. The highest BCUT2D eigenvalue weighted by Crippen LogP contribution is 2.31. The summed E-state index contributed by atoms with van der Waals surface area (Å²) in [6, 6.07) is 5.52. The molecule has 0 aromatic heterocycles. The van der Waals surface area contributed by atoms with Crippen molar-refractivity contribution >= 4 is 5.78 Å². The minimum absolute atomic E-state index is 0.0443. The van der Waals surface area contributed by atoms with E-state index in [0.717, 1.165) is 23.3 Å². The Morgan fingerprint density at radius 1 is 1.41 bits per heavy atom. The molecule has 0 spiro atoms. The van der Waals surface area contributed by atoms with Gasteiger partial charge in [-0.25, -0.2) is 0 Å². The number of carbonyl (C=O) groups is 1. The van der Waals surface area contributed by atoms with Crippen LogP contribution < -0.4 is 4.74 Å². The number of benzene rings is 1. The van der Waals surface area contributed by atoms with Crippen LogP contribution in [0.5, 0.6) is 5.75 Å². The monoisotopic (exact) mass is 236 g/mol. The van der Waals surface area contributed by atoms with Gasteiger partial charge in [-0.15, -0.1) is 0 Å². The molecule has 17 heavy (non-hydrogen) atoms. The van der Waals surface area contributed by atoms with E-state index < -0.39 is 0 Å². The normalized spacial score (nSPS) is 17.2. The number of carbonyl (C=O) groups excluding carboxylic acids is 1. The summed E-state index contributed by atoms with van der Waals surface area (Å²) in [5, 5.41) is 8.85. The summed E-state index contributed by atoms with van der Waals surface area (Å²) in [7, 11) is 1.61. The van der Waals surface area contributed by atoms with Gasteiger partial charge in [0.2, 0.25) is 0 Å². The van der Waals surface area contributed by atoms with Crippen molar-refractivity contribution in [2.24, 2.45) is 5.92 Å². The predicted molar refractivity (Wildman–Crippen MR) is 67.6 cm³/mol. The van der Waals surface area contributed by atoms with Crippen molar-refractivity contribution in [3.8, 4) is 5.75 Å². The Morgan fingerprint density at radius 3 is 2.71 bits per heavy atom. The van der Waals surface area contributed by atoms with Crippen LogP contribution in [-0.2, 0) is 6.42 Å². The van der Waals surface area contributed by atoms with Gasteiger partial charge in [0.25, 0.3) is 0 Å². The summed E-state index contributed by atoms with van der Waals surface area (Å²) in [6.07, 6.45) is 1.28. The summed E-state index contributed by atoms with van der Waals surface area (Å²) in [5.74, 6) is 0.894. The SMILES string of the molecule is CC.COc1ccc2c(c1)CC(CCO)C2=O. The van der Waals surface area contributed by atoms with Gasteiger partial charge >= 0.3 is 0 Å². The molecule has 2 rings (SSSR count). The van der Waals surface area contributed by atoms with E-state index in [2.05, 4.69) is 0 Å². The van der Waals surface area contributed by atoms with Crippen LogP contribution >= 0.6 is 0 Å². The molecule has 3 heteroatoms. The van der Waals surface area contributed by atoms with E-state index in [0.29, 0.717) is 6.42 Å². The Bertz CT molecular complexity index is 385. The average molecular weight is 236 g/mol. The number of Topliss-reactive ketones (excluding diaryl/α,β-unsaturated/α-hetero) is 1. The first-order chi connectivity index (χ1) is 8.26. The number of ketones is 1. The van der Waals surface area contributed by atoms with Crippen LogP contribution in [0.1, 0.15) is 36.2 Å². The number of aliphatic hydroxyl groups excluding tert-OH is 1. The minimum atomic E-state index is -0.0443. The quantitative estimate of drug-likeness (QED) is 0.877. The summed E-state index contributed by atoms with van der Waals surface area (Å²) in [6.45, 7) is 4.07. The number of fused-ring (bicyclic) bond motifs is 1. The number of rotatable bonds is 3. The molecule has 0 saturated carbocycles. The lowest BCUT2D eigenvalue weighted by Gasteiger charge is -2.02. The lowest BCUT2D eigenvalue weighted by Crippen LogP contribution is -2.10. The van der Waals surface area contributed by atoms with Crippen LogP contribution in [0.25, 0.3) is 0 Å². The van der Waals surface area contributed by atoms with Gasteiger partial charge in [-0.05, 0) is 36.6 Å². The van der Waals surface area contributed by atoms with E-state index in [-0.39, 0.29) is 18.3 Å². The molecular formula is C14H20O3. The molecule has 0 bridgehead atoms. The topological polar surface area (TPSA) is 46.5 Å². The molecule has 0 saturated heterocycles. The fraction of sp³-hybridized carbons (Fsp3) is 0.500. The van der Waals surface area contributed by atoms with Gasteiger partial charge in [0.15, 0.2) is 5.78 Å². The lowest BCUT2D eigenvalue weighted by molar-refractivity contribution is 0.0914. The molecule has 1 aliphatic carbocycles. The first kappa shape index (κ1) is 13.7. The van der Waals surface area contributed by atoms with Gasteiger partial charge in [-0.3, -0.25) is 4.79 Å². The third-order valence-electron chi connectivity index (χ3n) is 2.89. The largest absolute Gasteiger partial charge is 0.497 e. The molecule has 0 aliphatic heterocycles. The fourth-order valence-electron chi connectivity index (χ4n) is 2.07. The van der Waals surface area contributed by atoms with Crippen molar-refractivity contribution in [3.63, 3.8) is 0 Å². The third-order valence-corrected chi connectivity index (χ3v) is 2.89. The van der Waals surface area contributed by atoms with Gasteiger partial charge in [-0.1, -0.05) is 13.8 Å². The minimum Gasteiger partial charge on any atom is -0.497 e. The van der Waals surface area contributed by atoms with Crippen molar-refractivity contribution in [2.75, 3.05) is 13.7 Å². The highest BCUT2D eigenvalue weighted by atomic mass is 16.5. The zero-order valence-electron chi connectivity index (χ0n) is 10.7. The highest BCUT2D eigenvalue weighted by molar-refractivity contribution is 6.02. The van der Waals surface area contributed by atoms with Crippen LogP contribution in [0, 0.1) is 5.92 Å². The first-order valence-electron chi connectivity index (χ1n) is 6.08. The molecule has 1 unspecified atom stereocenters. The van der Waals surface area contributed by atoms with Crippen molar-refractivity contribution in [2.45, 2.75) is 26.7 Å². The van der Waals surface area contributed by atoms with Gasteiger partial charge in [-0.2, -0.15) is 0 Å². The first-order valence-corrected chi connectivity index (χ1v) is 6.08. The predicted octanol–water partition coefficient (Wildman–Crippen LogP) is 2.46. The summed E-state index contributed by atoms with van der Waals surface area (Å²) in [5.41, 5.74) is 1.83. The van der Waals surface area contributed by atoms with Crippen LogP contribution in [0.2, 0.25) is 0 Å². The molecule has 94 valence electrons. The average Bonchev–Trinajstić information content (AvgIpc) is 2.69. The van der Waals surface area contributed by atoms with Crippen LogP contribution in [-0.4, -0.2) is 24.6 Å². The van der Waals surface area contributed by atoms with Gasteiger partial charge in [0, 0.05) is 18.1 Å². The number of hydrogen-bond acceptors (Lipinski definition) is 3. The number of ether oxygens (including phenoxy) is 1. The zero-order valence-corrected chi connectivity index (χ0v) is 10.7. The van der Waals surface area contributed by atoms with Gasteiger partial charge in [0.1, 0.15) is 5.75 Å². The van der Waals surface area contributed by atoms with Crippen molar-refractivity contribution in [1.82, 2.24) is 0 Å². The van der Waals surface area contributed by atoms with Crippen LogP contribution in [0.15, 0.2) is 18.2 Å². The molecule has 1 aliphatic rings. The Kier molecular flexibility index (Phi) is 5.16. The number of methoxy groups -OCH3 is 1. The second kappa shape index (κ2) is 6.40. The second-order valence-corrected chi connectivity index (χ2v) is 3.80. The van der Waals surface area contributed by atoms with E-state index in [1.165, 1.54) is 0 Å². The summed E-state index contributed by atoms with van der Waals surface area (Å²) < 4.78 is 5.11. The van der Waals surface area contributed by atoms with Crippen molar-refractivity contribution in [3.05, 3.63) is 29.3 Å². The Morgan fingerprint density at radius 2 is 2.12 bits per heavy atom. The summed E-state index contributed by atoms with van der Waals surface area (Å²) in [4.78, 5) is 11.8. The Labute approximate surface area is 102 Å². The van der Waals surface area contributed by atoms with E-state index in [4.69, 9.17) is 9.84 Å². The maximum Gasteiger partial charge on any atom is 0.166 e. The maximum absolute atomic E-state index is 11.8. The van der Waals surface area contributed by atoms with Gasteiger partial charge < -0.3 is 9.84 Å². The molecule has 1 aromatic rings. The molecule has 3 nitrogen and oxygen atoms in total. The molecule has 0 fully saturated rings. The lowest BCUT2D eigenvalue weighted by atomic mass is 10.0. The highest BCUT2D eigenvalue weighted by Gasteiger charge is 2.29. The molecule has 0 radical (unpaired) electrons. The summed E-state index contributed by atoms with van der Waals surface area (Å²) >= 11 is 0. The molecule has 0 heterocycles. The van der Waals surface area contributed by atoms with Gasteiger partial charge in [0.05, 0.1) is 7.11 Å². The molecule has 1 N–H and O–H groups in total. The zero-order chi connectivity index (χ0) is 12.8. The van der Waals surface area contributed by atoms with Crippen molar-refractivity contribution < 1.29 is 14.6 Å². The molecule has 0 amide bonds. The smallest absolute Gasteiger partial charge is 0.166 e. The molecular weight excluding hydrogens is 216 g/mol. The molecule has 1 aromatic carbocycles. The Balaban J connectivity index is 0.000000686. The van der Waals surface area contributed by atoms with Crippen LogP contribution in [0.4, 0.5) is 0 Å². The van der Waals surface area contributed by atoms with E-state index >= 15 is 0 Å². The van der Waals surface area contributed by atoms with E-state index in [1.807, 2.05) is 26.0 Å². The maximum atomic E-state index is 11.8. The number of hydrogen-bond donors (Lipinski definition) is 1. The molecule has 1 atom stereocenters. The fourth-order valence-corrected chi connectivity index (χ4v) is 2.07. The van der Waals surface area contributed by atoms with Crippen LogP contribution in [0.3, 0.4) is 0 Å². The standard InChI is InChI=1S/C12H14O3.C2H6/c1-15-10-2-3-11-9(7-10)6-8(4-5-13)12(11)14;1-2/h2-3,7-8,13H,4-6H2,1H3;1-2H3. The van der Waals surface area contributed by atoms with Crippen molar-refractivity contribution in [1.29, 1.82) is 0 Å². The second-order valence-electron chi connectivity index (χ2n) is 3.80. The third kappa shape index (κ3) is 2.86. The van der Waals surface area contributed by atoms with E-state index in [1.54, 1.807) is 13.2 Å². The van der Waals surface area contributed by atoms with E-state index in [9.17, 15) is 4.79 Å². The Hall–Kier alpha value is -1.35.